The Morgan fingerprint density at radius 2 is 0.857 bits per heavy atom. The van der Waals surface area contributed by atoms with Gasteiger partial charge in [0.25, 0.3) is 0 Å². The van der Waals surface area contributed by atoms with Gasteiger partial charge in [0.2, 0.25) is 0 Å². The van der Waals surface area contributed by atoms with Gasteiger partial charge in [0.15, 0.2) is 5.82 Å². The first-order valence-electron chi connectivity index (χ1n) is 21.3. The zero-order valence-electron chi connectivity index (χ0n) is 34.0. The van der Waals surface area contributed by atoms with Crippen molar-refractivity contribution in [1.29, 1.82) is 0 Å². The van der Waals surface area contributed by atoms with Crippen molar-refractivity contribution in [3.63, 3.8) is 0 Å². The summed E-state index contributed by atoms with van der Waals surface area (Å²) in [6.07, 6.45) is 1.88. The van der Waals surface area contributed by atoms with Crippen LogP contribution in [0.5, 0.6) is 0 Å². The highest BCUT2D eigenvalue weighted by Gasteiger charge is 2.20. The van der Waals surface area contributed by atoms with Gasteiger partial charge in [-0.3, -0.25) is 9.55 Å². The minimum atomic E-state index is 0.688. The van der Waals surface area contributed by atoms with Crippen molar-refractivity contribution >= 4 is 65.5 Å². The lowest BCUT2D eigenvalue weighted by Crippen LogP contribution is -2.02. The van der Waals surface area contributed by atoms with E-state index >= 15 is 0 Å². The second kappa shape index (κ2) is 14.0. The van der Waals surface area contributed by atoms with Gasteiger partial charge in [-0.2, -0.15) is 0 Å². The molecule has 13 aromatic rings. The van der Waals surface area contributed by atoms with Gasteiger partial charge in [-0.05, 0) is 77.9 Å². The predicted octanol–water partition coefficient (Wildman–Crippen LogP) is 14.2. The summed E-state index contributed by atoms with van der Waals surface area (Å²) in [5.41, 5.74) is 15.1. The lowest BCUT2D eigenvalue weighted by molar-refractivity contribution is 1.05. The SMILES string of the molecule is c1ccc(-c2cc(-n3c4ccccc4c4ccc(-c5ccc6c(c5)c5ccccc5n6-c5cccc(-n6c7ccccc7c7ncccc76)c5)cc43)nc(-c3ccccc3)n2)cc1. The molecular weight excluding hydrogens is 769 g/mol. The Balaban J connectivity index is 0.983. The number of para-hydroxylation sites is 3. The molecule has 294 valence electrons. The summed E-state index contributed by atoms with van der Waals surface area (Å²) in [7, 11) is 0. The van der Waals surface area contributed by atoms with Crippen LogP contribution in [0.3, 0.4) is 0 Å². The molecule has 6 heteroatoms. The van der Waals surface area contributed by atoms with E-state index in [1.54, 1.807) is 0 Å². The van der Waals surface area contributed by atoms with E-state index in [0.29, 0.717) is 5.82 Å². The minimum Gasteiger partial charge on any atom is -0.309 e. The van der Waals surface area contributed by atoms with Crippen molar-refractivity contribution in [2.24, 2.45) is 0 Å². The van der Waals surface area contributed by atoms with Gasteiger partial charge in [0.05, 0.1) is 44.3 Å². The molecule has 0 aliphatic carbocycles. The predicted molar refractivity (Wildman–Crippen MR) is 259 cm³/mol. The molecule has 0 aliphatic heterocycles. The topological polar surface area (TPSA) is 53.5 Å². The molecule has 8 aromatic carbocycles. The van der Waals surface area contributed by atoms with E-state index in [2.05, 4.69) is 196 Å². The maximum Gasteiger partial charge on any atom is 0.162 e. The van der Waals surface area contributed by atoms with Crippen LogP contribution in [0.25, 0.3) is 117 Å². The second-order valence-corrected chi connectivity index (χ2v) is 16.1. The number of hydrogen-bond donors (Lipinski definition) is 0. The van der Waals surface area contributed by atoms with Gasteiger partial charge in [-0.15, -0.1) is 0 Å². The first-order valence-corrected chi connectivity index (χ1v) is 21.3. The van der Waals surface area contributed by atoms with Crippen LogP contribution in [0.2, 0.25) is 0 Å². The Bertz CT molecular complexity index is 3800. The van der Waals surface area contributed by atoms with Crippen LogP contribution in [0, 0.1) is 0 Å². The summed E-state index contributed by atoms with van der Waals surface area (Å²) in [5.74, 6) is 1.51. The fraction of sp³-hybridized carbons (Fsp3) is 0. The molecule has 0 atom stereocenters. The van der Waals surface area contributed by atoms with Gasteiger partial charge in [0.1, 0.15) is 5.82 Å². The van der Waals surface area contributed by atoms with Crippen LogP contribution in [0.4, 0.5) is 0 Å². The Kier molecular flexibility index (Phi) is 7.80. The molecule has 63 heavy (non-hydrogen) atoms. The largest absolute Gasteiger partial charge is 0.309 e. The van der Waals surface area contributed by atoms with Gasteiger partial charge in [-0.25, -0.2) is 9.97 Å². The van der Waals surface area contributed by atoms with Gasteiger partial charge < -0.3 is 9.13 Å². The van der Waals surface area contributed by atoms with Crippen molar-refractivity contribution in [2.75, 3.05) is 0 Å². The van der Waals surface area contributed by atoms with E-state index < -0.39 is 0 Å². The molecule has 0 amide bonds. The van der Waals surface area contributed by atoms with Crippen LogP contribution >= 0.6 is 0 Å². The van der Waals surface area contributed by atoms with Gasteiger partial charge in [0, 0.05) is 61.7 Å². The summed E-state index contributed by atoms with van der Waals surface area (Å²) in [6.45, 7) is 0. The summed E-state index contributed by atoms with van der Waals surface area (Å²) >= 11 is 0. The van der Waals surface area contributed by atoms with E-state index in [9.17, 15) is 0 Å². The zero-order chi connectivity index (χ0) is 41.4. The van der Waals surface area contributed by atoms with E-state index in [1.165, 1.54) is 21.5 Å². The first-order chi connectivity index (χ1) is 31.2. The quantitative estimate of drug-likeness (QED) is 0.168. The van der Waals surface area contributed by atoms with Crippen LogP contribution in [0.1, 0.15) is 0 Å². The van der Waals surface area contributed by atoms with Crippen LogP contribution < -0.4 is 0 Å². The van der Waals surface area contributed by atoms with Crippen molar-refractivity contribution in [3.05, 3.63) is 219 Å². The molecule has 0 radical (unpaired) electrons. The zero-order valence-corrected chi connectivity index (χ0v) is 34.0. The first kappa shape index (κ1) is 35.2. The monoisotopic (exact) mass is 804 g/mol. The Hall–Kier alpha value is -8.61. The van der Waals surface area contributed by atoms with Crippen molar-refractivity contribution < 1.29 is 0 Å². The van der Waals surface area contributed by atoms with Crippen LogP contribution in [-0.4, -0.2) is 28.7 Å². The summed E-state index contributed by atoms with van der Waals surface area (Å²) in [6, 6.07) is 75.4. The average molecular weight is 805 g/mol. The molecule has 0 unspecified atom stereocenters. The summed E-state index contributed by atoms with van der Waals surface area (Å²) in [5, 5.41) is 5.91. The highest BCUT2D eigenvalue weighted by molar-refractivity contribution is 6.13. The fourth-order valence-corrected chi connectivity index (χ4v) is 9.68. The summed E-state index contributed by atoms with van der Waals surface area (Å²) in [4.78, 5) is 15.2. The Morgan fingerprint density at radius 3 is 1.62 bits per heavy atom. The lowest BCUT2D eigenvalue weighted by atomic mass is 10.0. The minimum absolute atomic E-state index is 0.688. The molecule has 13 rings (SSSR count). The van der Waals surface area contributed by atoms with E-state index in [0.717, 1.165) is 89.1 Å². The summed E-state index contributed by atoms with van der Waals surface area (Å²) < 4.78 is 7.03. The Morgan fingerprint density at radius 1 is 0.302 bits per heavy atom. The van der Waals surface area contributed by atoms with E-state index in [1.807, 2.05) is 36.5 Å². The standard InChI is InChI=1S/C57H36N6/c1-3-15-37(16-4-1)48-36-55(60-57(59-48)38-17-5-2-6-18-38)63-50-25-11-7-21-43(50)45-30-28-40(34-54(45)63)39-29-31-52-47(33-39)44-22-8-10-24-49(44)61(52)41-19-13-20-42(35-41)62-51-26-12-9-23-46(51)56-53(62)27-14-32-58-56/h1-36H. The Labute approximate surface area is 362 Å². The van der Waals surface area contributed by atoms with Gasteiger partial charge >= 0.3 is 0 Å². The molecule has 0 N–H and O–H groups in total. The highest BCUT2D eigenvalue weighted by Crippen LogP contribution is 2.39. The molecule has 0 saturated heterocycles. The molecular formula is C57H36N6. The van der Waals surface area contributed by atoms with E-state index in [4.69, 9.17) is 15.0 Å². The van der Waals surface area contributed by atoms with Gasteiger partial charge in [-0.1, -0.05) is 140 Å². The highest BCUT2D eigenvalue weighted by atomic mass is 15.1. The molecule has 0 bridgehead atoms. The second-order valence-electron chi connectivity index (χ2n) is 16.1. The third kappa shape index (κ3) is 5.55. The molecule has 6 nitrogen and oxygen atoms in total. The third-order valence-corrected chi connectivity index (χ3v) is 12.5. The fourth-order valence-electron chi connectivity index (χ4n) is 9.68. The molecule has 0 fully saturated rings. The number of nitrogens with zero attached hydrogens (tertiary/aromatic N) is 6. The number of fused-ring (bicyclic) bond motifs is 9. The third-order valence-electron chi connectivity index (χ3n) is 12.5. The maximum absolute atomic E-state index is 5.28. The normalized spacial score (nSPS) is 11.8. The molecule has 0 spiro atoms. The average Bonchev–Trinajstić information content (AvgIpc) is 4.00. The van der Waals surface area contributed by atoms with Crippen LogP contribution in [-0.2, 0) is 0 Å². The lowest BCUT2D eigenvalue weighted by Gasteiger charge is -2.13. The molecule has 0 aliphatic rings. The number of hydrogen-bond acceptors (Lipinski definition) is 3. The molecule has 0 saturated carbocycles. The number of pyridine rings is 1. The van der Waals surface area contributed by atoms with E-state index in [-0.39, 0.29) is 0 Å². The number of rotatable bonds is 6. The van der Waals surface area contributed by atoms with Crippen molar-refractivity contribution in [2.45, 2.75) is 0 Å². The maximum atomic E-state index is 5.28. The van der Waals surface area contributed by atoms with Crippen molar-refractivity contribution in [3.8, 4) is 51.0 Å². The van der Waals surface area contributed by atoms with Crippen LogP contribution in [0.15, 0.2) is 219 Å². The molecule has 5 heterocycles. The van der Waals surface area contributed by atoms with Crippen molar-refractivity contribution in [1.82, 2.24) is 28.7 Å². The number of benzene rings is 8. The molecule has 5 aromatic heterocycles. The number of aromatic nitrogens is 6. The smallest absolute Gasteiger partial charge is 0.162 e.